The molecule has 1 saturated heterocycles. The first-order valence-electron chi connectivity index (χ1n) is 7.50. The standard InChI is InChI=1S/C16H19N3O4/c20-10-14-15(21)13(5-8-23-14)18-16(22)11-3-1-4-12(9-11)19-7-2-6-17-19/h1-4,6-7,9,13-15,20-21H,5,8,10H2,(H,18,22)/t13-,14+,15-/m0/s1. The first-order chi connectivity index (χ1) is 11.2. The maximum atomic E-state index is 12.4. The summed E-state index contributed by atoms with van der Waals surface area (Å²) in [4.78, 5) is 12.4. The van der Waals surface area contributed by atoms with Crippen molar-refractivity contribution in [1.29, 1.82) is 0 Å². The van der Waals surface area contributed by atoms with Crippen LogP contribution in [0.1, 0.15) is 16.8 Å². The average molecular weight is 317 g/mol. The molecule has 0 unspecified atom stereocenters. The number of benzene rings is 1. The molecule has 0 bridgehead atoms. The summed E-state index contributed by atoms with van der Waals surface area (Å²) in [6.07, 6.45) is 2.38. The molecule has 2 heterocycles. The Kier molecular flexibility index (Phi) is 4.71. The number of nitrogens with one attached hydrogen (secondary N) is 1. The second kappa shape index (κ2) is 6.91. The van der Waals surface area contributed by atoms with Gasteiger partial charge < -0.3 is 20.3 Å². The Morgan fingerprint density at radius 1 is 1.43 bits per heavy atom. The van der Waals surface area contributed by atoms with E-state index in [9.17, 15) is 9.90 Å². The molecule has 122 valence electrons. The summed E-state index contributed by atoms with van der Waals surface area (Å²) in [6.45, 7) is 0.114. The zero-order valence-corrected chi connectivity index (χ0v) is 12.5. The number of amides is 1. The van der Waals surface area contributed by atoms with Crippen LogP contribution < -0.4 is 5.32 Å². The van der Waals surface area contributed by atoms with Crippen LogP contribution in [0.25, 0.3) is 5.69 Å². The van der Waals surface area contributed by atoms with Crippen LogP contribution in [0.5, 0.6) is 0 Å². The molecule has 0 aliphatic carbocycles. The Morgan fingerprint density at radius 2 is 2.30 bits per heavy atom. The van der Waals surface area contributed by atoms with Gasteiger partial charge in [0.15, 0.2) is 0 Å². The van der Waals surface area contributed by atoms with Crippen LogP contribution >= 0.6 is 0 Å². The Morgan fingerprint density at radius 3 is 3.04 bits per heavy atom. The van der Waals surface area contributed by atoms with Crippen LogP contribution in [0.4, 0.5) is 0 Å². The van der Waals surface area contributed by atoms with Crippen LogP contribution in [0, 0.1) is 0 Å². The molecule has 0 radical (unpaired) electrons. The molecule has 3 N–H and O–H groups in total. The third-order valence-electron chi connectivity index (χ3n) is 3.93. The van der Waals surface area contributed by atoms with Crippen molar-refractivity contribution >= 4 is 5.91 Å². The van der Waals surface area contributed by atoms with Gasteiger partial charge in [-0.3, -0.25) is 4.79 Å². The fraction of sp³-hybridized carbons (Fsp3) is 0.375. The number of ether oxygens (including phenoxy) is 1. The Bertz CT molecular complexity index is 659. The number of aliphatic hydroxyl groups excluding tert-OH is 2. The van der Waals surface area contributed by atoms with Gasteiger partial charge in [-0.2, -0.15) is 5.10 Å². The molecule has 7 heteroatoms. The summed E-state index contributed by atoms with van der Waals surface area (Å²) < 4.78 is 6.93. The summed E-state index contributed by atoms with van der Waals surface area (Å²) in [7, 11) is 0. The van der Waals surface area contributed by atoms with Gasteiger partial charge in [-0.1, -0.05) is 6.07 Å². The highest BCUT2D eigenvalue weighted by Crippen LogP contribution is 2.16. The Balaban J connectivity index is 1.72. The molecular weight excluding hydrogens is 298 g/mol. The second-order valence-electron chi connectivity index (χ2n) is 5.45. The molecule has 1 aliphatic rings. The van der Waals surface area contributed by atoms with Crippen molar-refractivity contribution in [2.24, 2.45) is 0 Å². The van der Waals surface area contributed by atoms with Gasteiger partial charge in [-0.05, 0) is 30.7 Å². The minimum Gasteiger partial charge on any atom is -0.394 e. The fourth-order valence-corrected chi connectivity index (χ4v) is 2.66. The smallest absolute Gasteiger partial charge is 0.251 e. The summed E-state index contributed by atoms with van der Waals surface area (Å²) in [5.41, 5.74) is 1.26. The molecule has 1 fully saturated rings. The number of carbonyl (C=O) groups is 1. The van der Waals surface area contributed by atoms with Crippen LogP contribution in [0.3, 0.4) is 0 Å². The lowest BCUT2D eigenvalue weighted by Crippen LogP contribution is -2.54. The third kappa shape index (κ3) is 3.42. The molecule has 3 rings (SSSR count). The highest BCUT2D eigenvalue weighted by atomic mass is 16.5. The number of aliphatic hydroxyl groups is 2. The molecule has 2 aromatic rings. The second-order valence-corrected chi connectivity index (χ2v) is 5.45. The van der Waals surface area contributed by atoms with Crippen molar-refractivity contribution in [3.8, 4) is 5.69 Å². The van der Waals surface area contributed by atoms with E-state index >= 15 is 0 Å². The van der Waals surface area contributed by atoms with Crippen molar-refractivity contribution in [2.75, 3.05) is 13.2 Å². The van der Waals surface area contributed by atoms with Gasteiger partial charge in [-0.15, -0.1) is 0 Å². The van der Waals surface area contributed by atoms with Gasteiger partial charge in [0.2, 0.25) is 0 Å². The van der Waals surface area contributed by atoms with E-state index in [1.54, 1.807) is 41.3 Å². The molecule has 0 saturated carbocycles. The molecule has 7 nitrogen and oxygen atoms in total. The number of carbonyl (C=O) groups excluding carboxylic acids is 1. The van der Waals surface area contributed by atoms with Crippen molar-refractivity contribution < 1.29 is 19.7 Å². The van der Waals surface area contributed by atoms with Gasteiger partial charge in [0.1, 0.15) is 12.2 Å². The number of hydrogen-bond acceptors (Lipinski definition) is 5. The monoisotopic (exact) mass is 317 g/mol. The largest absolute Gasteiger partial charge is 0.394 e. The van der Waals surface area contributed by atoms with E-state index in [2.05, 4.69) is 10.4 Å². The van der Waals surface area contributed by atoms with Gasteiger partial charge in [0.25, 0.3) is 5.91 Å². The van der Waals surface area contributed by atoms with E-state index in [0.29, 0.717) is 18.6 Å². The number of nitrogens with zero attached hydrogens (tertiary/aromatic N) is 2. The zero-order chi connectivity index (χ0) is 16.2. The van der Waals surface area contributed by atoms with E-state index in [4.69, 9.17) is 9.84 Å². The minimum absolute atomic E-state index is 0.275. The predicted octanol–water partition coefficient (Wildman–Crippen LogP) is 0.113. The van der Waals surface area contributed by atoms with Crippen molar-refractivity contribution in [1.82, 2.24) is 15.1 Å². The number of rotatable bonds is 4. The highest BCUT2D eigenvalue weighted by Gasteiger charge is 2.33. The van der Waals surface area contributed by atoms with E-state index in [-0.39, 0.29) is 12.5 Å². The van der Waals surface area contributed by atoms with Crippen molar-refractivity contribution in [3.05, 3.63) is 48.3 Å². The molecular formula is C16H19N3O4. The van der Waals surface area contributed by atoms with Crippen molar-refractivity contribution in [2.45, 2.75) is 24.7 Å². The van der Waals surface area contributed by atoms with E-state index < -0.39 is 18.2 Å². The Hall–Kier alpha value is -2.22. The maximum Gasteiger partial charge on any atom is 0.251 e. The highest BCUT2D eigenvalue weighted by molar-refractivity contribution is 5.95. The van der Waals surface area contributed by atoms with Crippen LogP contribution in [0.2, 0.25) is 0 Å². The first kappa shape index (κ1) is 15.7. The van der Waals surface area contributed by atoms with Crippen molar-refractivity contribution in [3.63, 3.8) is 0 Å². The maximum absolute atomic E-state index is 12.4. The predicted molar refractivity (Wildman–Crippen MR) is 82.3 cm³/mol. The van der Waals surface area contributed by atoms with E-state index in [1.807, 2.05) is 6.07 Å². The lowest BCUT2D eigenvalue weighted by Gasteiger charge is -2.34. The molecule has 23 heavy (non-hydrogen) atoms. The van der Waals surface area contributed by atoms with Gasteiger partial charge in [0.05, 0.1) is 18.3 Å². The topological polar surface area (TPSA) is 96.6 Å². The molecule has 3 atom stereocenters. The van der Waals surface area contributed by atoms with Gasteiger partial charge in [-0.25, -0.2) is 4.68 Å². The SMILES string of the molecule is O=C(N[C@H]1CCO[C@H](CO)[C@H]1O)c1cccc(-n2cccn2)c1. The lowest BCUT2D eigenvalue weighted by atomic mass is 9.99. The fourth-order valence-electron chi connectivity index (χ4n) is 2.66. The summed E-state index contributed by atoms with van der Waals surface area (Å²) in [5.74, 6) is -0.276. The van der Waals surface area contributed by atoms with Crippen LogP contribution in [-0.2, 0) is 4.74 Å². The summed E-state index contributed by atoms with van der Waals surface area (Å²) >= 11 is 0. The number of aromatic nitrogens is 2. The summed E-state index contributed by atoms with van der Waals surface area (Å²) in [6, 6.07) is 8.44. The molecule has 1 aliphatic heterocycles. The van der Waals surface area contributed by atoms with Gasteiger partial charge >= 0.3 is 0 Å². The third-order valence-corrected chi connectivity index (χ3v) is 3.93. The normalized spacial score (nSPS) is 24.3. The molecule has 1 aromatic carbocycles. The minimum atomic E-state index is -0.924. The van der Waals surface area contributed by atoms with E-state index in [0.717, 1.165) is 5.69 Å². The lowest BCUT2D eigenvalue weighted by molar-refractivity contribution is -0.107. The van der Waals surface area contributed by atoms with Gasteiger partial charge in [0, 0.05) is 24.6 Å². The molecule has 0 spiro atoms. The van der Waals surface area contributed by atoms with Crippen LogP contribution in [0.15, 0.2) is 42.7 Å². The zero-order valence-electron chi connectivity index (χ0n) is 12.5. The molecule has 1 aromatic heterocycles. The average Bonchev–Trinajstić information content (AvgIpc) is 3.11. The number of hydrogen-bond donors (Lipinski definition) is 3. The van der Waals surface area contributed by atoms with Crippen LogP contribution in [-0.4, -0.2) is 57.4 Å². The Labute approximate surface area is 133 Å². The quantitative estimate of drug-likeness (QED) is 0.744. The van der Waals surface area contributed by atoms with E-state index in [1.165, 1.54) is 0 Å². The molecule has 1 amide bonds. The first-order valence-corrected chi connectivity index (χ1v) is 7.50. The summed E-state index contributed by atoms with van der Waals surface area (Å²) in [5, 5.41) is 26.2.